The third-order valence-corrected chi connectivity index (χ3v) is 5.11. The Morgan fingerprint density at radius 3 is 2.44 bits per heavy atom. The number of aromatic nitrogens is 1. The van der Waals surface area contributed by atoms with Gasteiger partial charge in [0.1, 0.15) is 12.3 Å². The average molecular weight is 370 g/mol. The number of amides is 2. The van der Waals surface area contributed by atoms with Crippen LogP contribution in [-0.2, 0) is 9.59 Å². The lowest BCUT2D eigenvalue weighted by molar-refractivity contribution is -0.131. The van der Waals surface area contributed by atoms with Crippen molar-refractivity contribution in [2.45, 2.75) is 27.7 Å². The topological polar surface area (TPSA) is 69.9 Å². The normalized spacial score (nSPS) is 14.4. The molecule has 0 unspecified atom stereocenters. The zero-order valence-corrected chi connectivity index (χ0v) is 16.4. The summed E-state index contributed by atoms with van der Waals surface area (Å²) in [5, 5.41) is 3.86. The second-order valence-corrected chi connectivity index (χ2v) is 6.99. The number of hydrogen-bond acceptors (Lipinski definition) is 5. The van der Waals surface area contributed by atoms with E-state index in [2.05, 4.69) is 42.1 Å². The van der Waals surface area contributed by atoms with Gasteiger partial charge in [0.05, 0.1) is 0 Å². The molecule has 7 heteroatoms. The van der Waals surface area contributed by atoms with Gasteiger partial charge in [-0.05, 0) is 38.0 Å². The molecule has 1 aromatic carbocycles. The molecule has 0 radical (unpaired) electrons. The number of hydrogen-bond donors (Lipinski definition) is 0. The van der Waals surface area contributed by atoms with Crippen molar-refractivity contribution in [3.63, 3.8) is 0 Å². The molecule has 0 aliphatic carbocycles. The monoisotopic (exact) mass is 370 g/mol. The maximum Gasteiger partial charge on any atom is 0.242 e. The highest BCUT2D eigenvalue weighted by atomic mass is 16.5. The summed E-state index contributed by atoms with van der Waals surface area (Å²) in [7, 11) is 0. The molecule has 1 fully saturated rings. The summed E-state index contributed by atoms with van der Waals surface area (Å²) < 4.78 is 5.03. The van der Waals surface area contributed by atoms with Gasteiger partial charge in [0.15, 0.2) is 5.82 Å². The summed E-state index contributed by atoms with van der Waals surface area (Å²) in [5.74, 6) is 0.672. The number of rotatable bonds is 4. The highest BCUT2D eigenvalue weighted by Crippen LogP contribution is 2.24. The average Bonchev–Trinajstić information content (AvgIpc) is 3.07. The predicted octanol–water partition coefficient (Wildman–Crippen LogP) is 2.30. The zero-order valence-electron chi connectivity index (χ0n) is 16.4. The Hall–Kier alpha value is -2.83. The van der Waals surface area contributed by atoms with Crippen LogP contribution in [-0.4, -0.2) is 54.6 Å². The first-order valence-electron chi connectivity index (χ1n) is 9.17. The fourth-order valence-corrected chi connectivity index (χ4v) is 3.34. The SMILES string of the molecule is CC(=O)N(CC(=O)N1CCN(c2cccc(C)c2C)CC1)c1cc(C)on1. The zero-order chi connectivity index (χ0) is 19.6. The lowest BCUT2D eigenvalue weighted by Gasteiger charge is -2.37. The predicted molar refractivity (Wildman–Crippen MR) is 104 cm³/mol. The number of piperazine rings is 1. The van der Waals surface area contributed by atoms with Gasteiger partial charge in [-0.15, -0.1) is 0 Å². The molecule has 0 saturated carbocycles. The molecular formula is C20H26N4O3. The highest BCUT2D eigenvalue weighted by molar-refractivity contribution is 5.96. The minimum Gasteiger partial charge on any atom is -0.368 e. The largest absolute Gasteiger partial charge is 0.368 e. The Kier molecular flexibility index (Phi) is 5.48. The molecule has 0 N–H and O–H groups in total. The molecular weight excluding hydrogens is 344 g/mol. The van der Waals surface area contributed by atoms with Crippen LogP contribution in [0, 0.1) is 20.8 Å². The Bertz CT molecular complexity index is 838. The Morgan fingerprint density at radius 1 is 1.15 bits per heavy atom. The van der Waals surface area contributed by atoms with E-state index in [-0.39, 0.29) is 18.4 Å². The number of anilines is 2. The van der Waals surface area contributed by atoms with Crippen molar-refractivity contribution >= 4 is 23.3 Å². The molecule has 2 heterocycles. The summed E-state index contributed by atoms with van der Waals surface area (Å²) in [5.41, 5.74) is 3.78. The van der Waals surface area contributed by atoms with E-state index in [9.17, 15) is 9.59 Å². The fraction of sp³-hybridized carbons (Fsp3) is 0.450. The molecule has 3 rings (SSSR count). The van der Waals surface area contributed by atoms with Crippen LogP contribution in [0.15, 0.2) is 28.8 Å². The van der Waals surface area contributed by atoms with Gasteiger partial charge >= 0.3 is 0 Å². The number of aryl methyl sites for hydroxylation is 2. The lowest BCUT2D eigenvalue weighted by atomic mass is 10.1. The van der Waals surface area contributed by atoms with E-state index in [0.29, 0.717) is 24.7 Å². The van der Waals surface area contributed by atoms with Crippen LogP contribution in [0.2, 0.25) is 0 Å². The van der Waals surface area contributed by atoms with Crippen LogP contribution in [0.25, 0.3) is 0 Å². The number of carbonyl (C=O) groups is 2. The van der Waals surface area contributed by atoms with E-state index < -0.39 is 0 Å². The van der Waals surface area contributed by atoms with Crippen molar-refractivity contribution in [2.75, 3.05) is 42.5 Å². The third kappa shape index (κ3) is 4.13. The minimum absolute atomic E-state index is 0.0230. The van der Waals surface area contributed by atoms with E-state index in [1.54, 1.807) is 13.0 Å². The first-order valence-corrected chi connectivity index (χ1v) is 9.17. The van der Waals surface area contributed by atoms with E-state index in [4.69, 9.17) is 4.52 Å². The summed E-state index contributed by atoms with van der Waals surface area (Å²) in [6.07, 6.45) is 0. The highest BCUT2D eigenvalue weighted by Gasteiger charge is 2.26. The van der Waals surface area contributed by atoms with Crippen LogP contribution >= 0.6 is 0 Å². The Balaban J connectivity index is 1.62. The molecule has 0 bridgehead atoms. The van der Waals surface area contributed by atoms with Crippen molar-refractivity contribution in [1.82, 2.24) is 10.1 Å². The van der Waals surface area contributed by atoms with E-state index >= 15 is 0 Å². The molecule has 1 aliphatic heterocycles. The molecule has 1 aliphatic rings. The summed E-state index contributed by atoms with van der Waals surface area (Å²) >= 11 is 0. The van der Waals surface area contributed by atoms with Crippen LogP contribution in [0.3, 0.4) is 0 Å². The van der Waals surface area contributed by atoms with Gasteiger partial charge in [0.25, 0.3) is 0 Å². The summed E-state index contributed by atoms with van der Waals surface area (Å²) in [4.78, 5) is 30.1. The Morgan fingerprint density at radius 2 is 1.85 bits per heavy atom. The quantitative estimate of drug-likeness (QED) is 0.826. The molecule has 1 aromatic heterocycles. The molecule has 144 valence electrons. The summed E-state index contributed by atoms with van der Waals surface area (Å²) in [6, 6.07) is 7.97. The molecule has 1 saturated heterocycles. The van der Waals surface area contributed by atoms with Crippen LogP contribution in [0.5, 0.6) is 0 Å². The molecule has 7 nitrogen and oxygen atoms in total. The smallest absolute Gasteiger partial charge is 0.242 e. The van der Waals surface area contributed by atoms with Crippen LogP contribution in [0.4, 0.5) is 11.5 Å². The minimum atomic E-state index is -0.231. The standard InChI is InChI=1S/C20H26N4O3/c1-14-6-5-7-18(16(14)3)22-8-10-23(11-9-22)20(26)13-24(17(4)25)19-12-15(2)27-21-19/h5-7,12H,8-11,13H2,1-4H3. The van der Waals surface area contributed by atoms with Crippen molar-refractivity contribution in [1.29, 1.82) is 0 Å². The molecule has 27 heavy (non-hydrogen) atoms. The number of carbonyl (C=O) groups excluding carboxylic acids is 2. The maximum atomic E-state index is 12.7. The van der Waals surface area contributed by atoms with E-state index in [1.165, 1.54) is 28.6 Å². The van der Waals surface area contributed by atoms with Gasteiger partial charge in [-0.2, -0.15) is 0 Å². The molecule has 2 amide bonds. The van der Waals surface area contributed by atoms with Gasteiger partial charge < -0.3 is 14.3 Å². The van der Waals surface area contributed by atoms with Crippen molar-refractivity contribution in [3.8, 4) is 0 Å². The first kappa shape index (κ1) is 18.9. The van der Waals surface area contributed by atoms with Gasteiger partial charge in [0.2, 0.25) is 11.8 Å². The second-order valence-electron chi connectivity index (χ2n) is 6.99. The maximum absolute atomic E-state index is 12.7. The van der Waals surface area contributed by atoms with Gasteiger partial charge in [-0.1, -0.05) is 17.3 Å². The lowest BCUT2D eigenvalue weighted by Crippen LogP contribution is -2.52. The van der Waals surface area contributed by atoms with E-state index in [1.807, 2.05) is 4.90 Å². The number of nitrogens with zero attached hydrogens (tertiary/aromatic N) is 4. The van der Waals surface area contributed by atoms with Crippen LogP contribution < -0.4 is 9.80 Å². The van der Waals surface area contributed by atoms with Crippen molar-refractivity contribution in [3.05, 3.63) is 41.2 Å². The third-order valence-electron chi connectivity index (χ3n) is 5.11. The van der Waals surface area contributed by atoms with E-state index in [0.717, 1.165) is 13.1 Å². The molecule has 0 spiro atoms. The van der Waals surface area contributed by atoms with Crippen LogP contribution in [0.1, 0.15) is 23.8 Å². The number of benzene rings is 1. The van der Waals surface area contributed by atoms with Gasteiger partial charge in [-0.25, -0.2) is 0 Å². The summed E-state index contributed by atoms with van der Waals surface area (Å²) in [6.45, 7) is 10.2. The first-order chi connectivity index (χ1) is 12.9. The molecule has 0 atom stereocenters. The van der Waals surface area contributed by atoms with Crippen molar-refractivity contribution in [2.24, 2.45) is 0 Å². The Labute approximate surface area is 159 Å². The van der Waals surface area contributed by atoms with Gasteiger partial charge in [0, 0.05) is 44.9 Å². The molecule has 2 aromatic rings. The van der Waals surface area contributed by atoms with Gasteiger partial charge in [-0.3, -0.25) is 14.5 Å². The fourth-order valence-electron chi connectivity index (χ4n) is 3.34. The van der Waals surface area contributed by atoms with Crippen molar-refractivity contribution < 1.29 is 14.1 Å². The second kappa shape index (κ2) is 7.82.